The Labute approximate surface area is 103 Å². The molecule has 1 fully saturated rings. The van der Waals surface area contributed by atoms with Crippen LogP contribution in [0.1, 0.15) is 32.3 Å². The van der Waals surface area contributed by atoms with Crippen LogP contribution in [0.25, 0.3) is 0 Å². The summed E-state index contributed by atoms with van der Waals surface area (Å²) in [5.74, 6) is 0.762. The molecule has 1 N–H and O–H groups in total. The first kappa shape index (κ1) is 11.9. The van der Waals surface area contributed by atoms with Gasteiger partial charge in [-0.3, -0.25) is 0 Å². The van der Waals surface area contributed by atoms with Gasteiger partial charge in [0.05, 0.1) is 0 Å². The molecule has 1 aliphatic rings. The summed E-state index contributed by atoms with van der Waals surface area (Å²) in [6, 6.07) is 8.30. The second-order valence-corrected chi connectivity index (χ2v) is 5.49. The molecule has 1 saturated heterocycles. The molecule has 0 radical (unpaired) electrons. The third kappa shape index (κ3) is 2.11. The summed E-state index contributed by atoms with van der Waals surface area (Å²) in [4.78, 5) is 0. The first-order chi connectivity index (χ1) is 7.68. The van der Waals surface area contributed by atoms with Gasteiger partial charge in [-0.15, -0.1) is 0 Å². The van der Waals surface area contributed by atoms with Crippen molar-refractivity contribution in [2.75, 3.05) is 13.1 Å². The molecule has 1 unspecified atom stereocenters. The molecule has 16 heavy (non-hydrogen) atoms. The molecule has 0 aliphatic carbocycles. The minimum Gasteiger partial charge on any atom is -0.315 e. The van der Waals surface area contributed by atoms with Crippen molar-refractivity contribution in [3.05, 3.63) is 34.9 Å². The van der Waals surface area contributed by atoms with Gasteiger partial charge >= 0.3 is 0 Å². The van der Waals surface area contributed by atoms with Crippen LogP contribution < -0.4 is 5.32 Å². The van der Waals surface area contributed by atoms with Gasteiger partial charge in [0.2, 0.25) is 0 Å². The quantitative estimate of drug-likeness (QED) is 0.844. The molecular formula is C14H20ClN. The number of nitrogens with one attached hydrogen (secondary N) is 1. The summed E-state index contributed by atoms with van der Waals surface area (Å²) < 4.78 is 0. The van der Waals surface area contributed by atoms with Gasteiger partial charge < -0.3 is 5.32 Å². The third-order valence-electron chi connectivity index (χ3n) is 3.81. The monoisotopic (exact) mass is 237 g/mol. The van der Waals surface area contributed by atoms with Crippen molar-refractivity contribution in [3.8, 4) is 0 Å². The van der Waals surface area contributed by atoms with E-state index in [4.69, 9.17) is 11.6 Å². The predicted molar refractivity (Wildman–Crippen MR) is 70.1 cm³/mol. The second kappa shape index (κ2) is 4.77. The molecule has 1 aliphatic heterocycles. The van der Waals surface area contributed by atoms with E-state index in [1.54, 1.807) is 0 Å². The number of hydrogen-bond acceptors (Lipinski definition) is 1. The smallest absolute Gasteiger partial charge is 0.0444 e. The Bertz CT molecular complexity index is 358. The molecule has 0 saturated carbocycles. The van der Waals surface area contributed by atoms with Gasteiger partial charge in [0, 0.05) is 23.5 Å². The third-order valence-corrected chi connectivity index (χ3v) is 4.14. The van der Waals surface area contributed by atoms with Crippen LogP contribution in [0.2, 0.25) is 5.02 Å². The minimum atomic E-state index is 0.285. The second-order valence-electron chi connectivity index (χ2n) is 5.08. The average molecular weight is 238 g/mol. The topological polar surface area (TPSA) is 12.0 Å². The van der Waals surface area contributed by atoms with Gasteiger partial charge in [0.25, 0.3) is 0 Å². The first-order valence-corrected chi connectivity index (χ1v) is 6.51. The van der Waals surface area contributed by atoms with E-state index in [9.17, 15) is 0 Å². The lowest BCUT2D eigenvalue weighted by Crippen LogP contribution is -2.57. The van der Waals surface area contributed by atoms with E-state index in [0.29, 0.717) is 0 Å². The largest absolute Gasteiger partial charge is 0.315 e. The highest BCUT2D eigenvalue weighted by Gasteiger charge is 2.40. The molecule has 0 bridgehead atoms. The van der Waals surface area contributed by atoms with Gasteiger partial charge in [0.1, 0.15) is 0 Å². The highest BCUT2D eigenvalue weighted by molar-refractivity contribution is 6.31. The van der Waals surface area contributed by atoms with Crippen molar-refractivity contribution in [1.82, 2.24) is 5.32 Å². The fourth-order valence-corrected chi connectivity index (χ4v) is 2.91. The molecule has 1 atom stereocenters. The van der Waals surface area contributed by atoms with Crippen LogP contribution in [0.3, 0.4) is 0 Å². The fraction of sp³-hybridized carbons (Fsp3) is 0.571. The molecule has 1 aromatic rings. The van der Waals surface area contributed by atoms with Crippen LogP contribution in [0.5, 0.6) is 0 Å². The van der Waals surface area contributed by atoms with Crippen molar-refractivity contribution in [2.45, 2.75) is 32.1 Å². The lowest BCUT2D eigenvalue weighted by molar-refractivity contribution is 0.221. The fourth-order valence-electron chi connectivity index (χ4n) is 2.57. The van der Waals surface area contributed by atoms with E-state index in [1.807, 2.05) is 12.1 Å². The Morgan fingerprint density at radius 3 is 2.56 bits per heavy atom. The van der Waals surface area contributed by atoms with E-state index in [1.165, 1.54) is 18.4 Å². The summed E-state index contributed by atoms with van der Waals surface area (Å²) in [5.41, 5.74) is 1.61. The summed E-state index contributed by atoms with van der Waals surface area (Å²) in [6.07, 6.45) is 2.48. The van der Waals surface area contributed by atoms with E-state index >= 15 is 0 Å². The number of hydrogen-bond donors (Lipinski definition) is 1. The summed E-state index contributed by atoms with van der Waals surface area (Å²) in [6.45, 7) is 6.73. The maximum Gasteiger partial charge on any atom is 0.0444 e. The minimum absolute atomic E-state index is 0.285. The van der Waals surface area contributed by atoms with Crippen LogP contribution in [-0.4, -0.2) is 13.1 Å². The summed E-state index contributed by atoms with van der Waals surface area (Å²) in [7, 11) is 0. The Morgan fingerprint density at radius 1 is 1.38 bits per heavy atom. The summed E-state index contributed by atoms with van der Waals surface area (Å²) in [5, 5.41) is 4.32. The number of benzene rings is 1. The Morgan fingerprint density at radius 2 is 2.06 bits per heavy atom. The molecule has 2 rings (SSSR count). The summed E-state index contributed by atoms with van der Waals surface area (Å²) >= 11 is 6.32. The standard InChI is InChI=1S/C14H20ClN/c1-3-11(2)8-14(9-16-10-14)12-6-4-5-7-13(12)15/h4-7,11,16H,3,8-10H2,1-2H3. The van der Waals surface area contributed by atoms with Crippen LogP contribution in [-0.2, 0) is 5.41 Å². The van der Waals surface area contributed by atoms with Gasteiger partial charge in [-0.05, 0) is 24.0 Å². The molecule has 1 heterocycles. The molecule has 88 valence electrons. The lowest BCUT2D eigenvalue weighted by atomic mass is 9.69. The van der Waals surface area contributed by atoms with Crippen LogP contribution >= 0.6 is 11.6 Å². The van der Waals surface area contributed by atoms with Gasteiger partial charge in [-0.25, -0.2) is 0 Å². The molecular weight excluding hydrogens is 218 g/mol. The molecule has 0 aromatic heterocycles. The Hall–Kier alpha value is -0.530. The average Bonchev–Trinajstić information content (AvgIpc) is 2.24. The predicted octanol–water partition coefficient (Wildman–Crippen LogP) is 3.62. The molecule has 0 spiro atoms. The van der Waals surface area contributed by atoms with E-state index in [0.717, 1.165) is 24.0 Å². The zero-order valence-electron chi connectivity index (χ0n) is 10.1. The lowest BCUT2D eigenvalue weighted by Gasteiger charge is -2.45. The zero-order chi connectivity index (χ0) is 11.6. The first-order valence-electron chi connectivity index (χ1n) is 6.14. The molecule has 0 amide bonds. The van der Waals surface area contributed by atoms with Crippen LogP contribution in [0.15, 0.2) is 24.3 Å². The zero-order valence-corrected chi connectivity index (χ0v) is 10.8. The van der Waals surface area contributed by atoms with Crippen molar-refractivity contribution < 1.29 is 0 Å². The molecule has 2 heteroatoms. The van der Waals surface area contributed by atoms with Crippen LogP contribution in [0.4, 0.5) is 0 Å². The number of halogens is 1. The van der Waals surface area contributed by atoms with Crippen LogP contribution in [0, 0.1) is 5.92 Å². The van der Waals surface area contributed by atoms with E-state index in [-0.39, 0.29) is 5.41 Å². The molecule has 1 nitrogen and oxygen atoms in total. The number of rotatable bonds is 4. The Balaban J connectivity index is 2.25. The Kier molecular flexibility index (Phi) is 3.56. The maximum absolute atomic E-state index is 6.32. The van der Waals surface area contributed by atoms with Crippen molar-refractivity contribution in [1.29, 1.82) is 0 Å². The van der Waals surface area contributed by atoms with Gasteiger partial charge in [0.15, 0.2) is 0 Å². The van der Waals surface area contributed by atoms with Gasteiger partial charge in [-0.1, -0.05) is 50.1 Å². The van der Waals surface area contributed by atoms with Crippen molar-refractivity contribution in [3.63, 3.8) is 0 Å². The van der Waals surface area contributed by atoms with Crippen molar-refractivity contribution >= 4 is 11.6 Å². The highest BCUT2D eigenvalue weighted by atomic mass is 35.5. The van der Waals surface area contributed by atoms with Crippen molar-refractivity contribution in [2.24, 2.45) is 5.92 Å². The maximum atomic E-state index is 6.32. The van der Waals surface area contributed by atoms with E-state index < -0.39 is 0 Å². The molecule has 1 aromatic carbocycles. The van der Waals surface area contributed by atoms with E-state index in [2.05, 4.69) is 31.3 Å². The SMILES string of the molecule is CCC(C)CC1(c2ccccc2Cl)CNC1. The normalized spacial score (nSPS) is 20.2. The van der Waals surface area contributed by atoms with Gasteiger partial charge in [-0.2, -0.15) is 0 Å². The highest BCUT2D eigenvalue weighted by Crippen LogP contribution is 2.39.